The van der Waals surface area contributed by atoms with Gasteiger partial charge in [-0.25, -0.2) is 9.79 Å². The molecule has 1 aliphatic rings. The molecule has 4 rings (SSSR count). The SMILES string of the molecule is CCOC(=O)C1=C(C)N=c2sc(=Cc3ccc(N(CC)CC)cc3)c(=O)n2[C@@H]1c1ccc(C)cc1. The van der Waals surface area contributed by atoms with E-state index in [0.29, 0.717) is 20.6 Å². The van der Waals surface area contributed by atoms with E-state index in [0.717, 1.165) is 35.5 Å². The Bertz CT molecular complexity index is 1430. The van der Waals surface area contributed by atoms with Crippen LogP contribution in [-0.2, 0) is 9.53 Å². The first-order valence-electron chi connectivity index (χ1n) is 12.0. The highest BCUT2D eigenvalue weighted by Gasteiger charge is 2.33. The summed E-state index contributed by atoms with van der Waals surface area (Å²) in [7, 11) is 0. The van der Waals surface area contributed by atoms with Crippen molar-refractivity contribution in [1.82, 2.24) is 4.57 Å². The fourth-order valence-corrected chi connectivity index (χ4v) is 5.42. The Morgan fingerprint density at radius 2 is 1.71 bits per heavy atom. The van der Waals surface area contributed by atoms with E-state index in [4.69, 9.17) is 4.74 Å². The Balaban J connectivity index is 1.85. The van der Waals surface area contributed by atoms with E-state index in [1.54, 1.807) is 18.4 Å². The van der Waals surface area contributed by atoms with Crippen LogP contribution in [-0.4, -0.2) is 30.2 Å². The maximum atomic E-state index is 13.7. The van der Waals surface area contributed by atoms with Gasteiger partial charge in [0.1, 0.15) is 0 Å². The molecule has 0 saturated carbocycles. The maximum Gasteiger partial charge on any atom is 0.338 e. The van der Waals surface area contributed by atoms with Crippen molar-refractivity contribution in [3.8, 4) is 0 Å². The number of esters is 1. The monoisotopic (exact) mass is 489 g/mol. The van der Waals surface area contributed by atoms with Crippen LogP contribution in [0.4, 0.5) is 5.69 Å². The van der Waals surface area contributed by atoms with E-state index in [9.17, 15) is 9.59 Å². The quantitative estimate of drug-likeness (QED) is 0.472. The predicted molar refractivity (Wildman–Crippen MR) is 142 cm³/mol. The molecule has 0 unspecified atom stereocenters. The van der Waals surface area contributed by atoms with Crippen LogP contribution in [0.15, 0.2) is 69.6 Å². The molecule has 1 aliphatic heterocycles. The number of thiazole rings is 1. The molecule has 0 fully saturated rings. The molecule has 0 amide bonds. The maximum absolute atomic E-state index is 13.7. The molecule has 0 saturated heterocycles. The Hall–Kier alpha value is -3.45. The minimum Gasteiger partial charge on any atom is -0.463 e. The molecule has 182 valence electrons. The van der Waals surface area contributed by atoms with E-state index in [2.05, 4.69) is 35.9 Å². The zero-order chi connectivity index (χ0) is 25.1. The third-order valence-electron chi connectivity index (χ3n) is 6.23. The van der Waals surface area contributed by atoms with Crippen molar-refractivity contribution in [2.24, 2.45) is 4.99 Å². The number of carbonyl (C=O) groups excluding carboxylic acids is 1. The summed E-state index contributed by atoms with van der Waals surface area (Å²) in [5.74, 6) is -0.444. The van der Waals surface area contributed by atoms with E-state index >= 15 is 0 Å². The van der Waals surface area contributed by atoms with Crippen molar-refractivity contribution < 1.29 is 9.53 Å². The molecule has 2 aromatic carbocycles. The van der Waals surface area contributed by atoms with E-state index in [-0.39, 0.29) is 12.2 Å². The van der Waals surface area contributed by atoms with Crippen LogP contribution in [0, 0.1) is 6.92 Å². The molecule has 2 heterocycles. The summed E-state index contributed by atoms with van der Waals surface area (Å²) in [4.78, 5) is 34.1. The summed E-state index contributed by atoms with van der Waals surface area (Å²) in [6.45, 7) is 12.0. The number of hydrogen-bond donors (Lipinski definition) is 0. The van der Waals surface area contributed by atoms with Gasteiger partial charge in [-0.15, -0.1) is 0 Å². The minimum atomic E-state index is -0.585. The molecular formula is C28H31N3O3S. The van der Waals surface area contributed by atoms with E-state index in [1.807, 2.05) is 49.4 Å². The summed E-state index contributed by atoms with van der Waals surface area (Å²) < 4.78 is 7.56. The fraction of sp³-hybridized carbons (Fsp3) is 0.321. The number of ether oxygens (including phenoxy) is 1. The van der Waals surface area contributed by atoms with Gasteiger partial charge in [-0.05, 0) is 64.0 Å². The standard InChI is InChI=1S/C28H31N3O3S/c1-6-30(7-2)22-15-11-20(12-16-22)17-23-26(32)31-25(21-13-9-18(4)10-14-21)24(27(33)34-8-3)19(5)29-28(31)35-23/h9-17,25H,6-8H2,1-5H3/t25-/m1/s1. The van der Waals surface area contributed by atoms with Crippen molar-refractivity contribution in [1.29, 1.82) is 0 Å². The molecule has 0 bridgehead atoms. The molecule has 1 aromatic heterocycles. The number of benzene rings is 2. The van der Waals surface area contributed by atoms with Crippen LogP contribution in [0.2, 0.25) is 0 Å². The topological polar surface area (TPSA) is 63.9 Å². The first-order chi connectivity index (χ1) is 16.9. The number of rotatable bonds is 7. The fourth-order valence-electron chi connectivity index (χ4n) is 4.38. The van der Waals surface area contributed by atoms with Crippen LogP contribution in [0.1, 0.15) is 50.4 Å². The van der Waals surface area contributed by atoms with Gasteiger partial charge in [0, 0.05) is 18.8 Å². The molecule has 7 heteroatoms. The predicted octanol–water partition coefficient (Wildman–Crippen LogP) is 3.95. The van der Waals surface area contributed by atoms with Gasteiger partial charge in [0.2, 0.25) is 0 Å². The number of anilines is 1. The zero-order valence-electron chi connectivity index (χ0n) is 20.9. The highest BCUT2D eigenvalue weighted by atomic mass is 32.1. The molecule has 1 atom stereocenters. The Kier molecular flexibility index (Phi) is 7.36. The highest BCUT2D eigenvalue weighted by Crippen LogP contribution is 2.30. The minimum absolute atomic E-state index is 0.165. The molecular weight excluding hydrogens is 458 g/mol. The zero-order valence-corrected chi connectivity index (χ0v) is 21.7. The van der Waals surface area contributed by atoms with Gasteiger partial charge in [-0.3, -0.25) is 9.36 Å². The molecule has 0 radical (unpaired) electrons. The van der Waals surface area contributed by atoms with Gasteiger partial charge < -0.3 is 9.64 Å². The van der Waals surface area contributed by atoms with Crippen LogP contribution in [0.25, 0.3) is 6.08 Å². The Morgan fingerprint density at radius 1 is 1.06 bits per heavy atom. The molecule has 6 nitrogen and oxygen atoms in total. The summed E-state index contributed by atoms with van der Waals surface area (Å²) in [5.41, 5.74) is 4.86. The lowest BCUT2D eigenvalue weighted by molar-refractivity contribution is -0.139. The third kappa shape index (κ3) is 4.86. The van der Waals surface area contributed by atoms with Crippen molar-refractivity contribution in [3.05, 3.63) is 96.2 Å². The van der Waals surface area contributed by atoms with Crippen LogP contribution in [0.5, 0.6) is 0 Å². The number of hydrogen-bond acceptors (Lipinski definition) is 6. The van der Waals surface area contributed by atoms with Gasteiger partial charge in [-0.1, -0.05) is 53.3 Å². The van der Waals surface area contributed by atoms with Gasteiger partial charge in [0.05, 0.1) is 28.5 Å². The van der Waals surface area contributed by atoms with Gasteiger partial charge >= 0.3 is 5.97 Å². The first-order valence-corrected chi connectivity index (χ1v) is 12.8. The molecule has 0 N–H and O–H groups in total. The second-order valence-corrected chi connectivity index (χ2v) is 9.49. The van der Waals surface area contributed by atoms with Crippen molar-refractivity contribution >= 4 is 29.1 Å². The average Bonchev–Trinajstić information content (AvgIpc) is 3.15. The van der Waals surface area contributed by atoms with Gasteiger partial charge in [0.25, 0.3) is 5.56 Å². The first kappa shape index (κ1) is 24.7. The smallest absolute Gasteiger partial charge is 0.338 e. The molecule has 35 heavy (non-hydrogen) atoms. The molecule has 0 spiro atoms. The Labute approximate surface area is 209 Å². The molecule has 0 aliphatic carbocycles. The number of aryl methyl sites for hydroxylation is 1. The van der Waals surface area contributed by atoms with Gasteiger partial charge in [-0.2, -0.15) is 0 Å². The normalized spacial score (nSPS) is 15.6. The lowest BCUT2D eigenvalue weighted by Crippen LogP contribution is -2.39. The third-order valence-corrected chi connectivity index (χ3v) is 7.21. The number of fused-ring (bicyclic) bond motifs is 1. The summed E-state index contributed by atoms with van der Waals surface area (Å²) in [5, 5.41) is 0. The lowest BCUT2D eigenvalue weighted by Gasteiger charge is -2.24. The van der Waals surface area contributed by atoms with E-state index in [1.165, 1.54) is 11.3 Å². The highest BCUT2D eigenvalue weighted by molar-refractivity contribution is 7.07. The summed E-state index contributed by atoms with van der Waals surface area (Å²) in [6.07, 6.45) is 1.89. The van der Waals surface area contributed by atoms with Crippen molar-refractivity contribution in [2.75, 3.05) is 24.6 Å². The van der Waals surface area contributed by atoms with Gasteiger partial charge in [0.15, 0.2) is 4.80 Å². The average molecular weight is 490 g/mol. The number of carbonyl (C=O) groups is 1. The summed E-state index contributed by atoms with van der Waals surface area (Å²) in [6, 6.07) is 15.5. The second-order valence-electron chi connectivity index (χ2n) is 8.48. The second kappa shape index (κ2) is 10.4. The largest absolute Gasteiger partial charge is 0.463 e. The number of allylic oxidation sites excluding steroid dienone is 1. The van der Waals surface area contributed by atoms with Crippen molar-refractivity contribution in [2.45, 2.75) is 40.7 Å². The Morgan fingerprint density at radius 3 is 2.31 bits per heavy atom. The number of nitrogens with zero attached hydrogens (tertiary/aromatic N) is 3. The summed E-state index contributed by atoms with van der Waals surface area (Å²) >= 11 is 1.34. The number of aromatic nitrogens is 1. The van der Waals surface area contributed by atoms with Crippen LogP contribution < -0.4 is 19.8 Å². The van der Waals surface area contributed by atoms with Crippen LogP contribution >= 0.6 is 11.3 Å². The van der Waals surface area contributed by atoms with Crippen LogP contribution in [0.3, 0.4) is 0 Å². The molecule has 3 aromatic rings. The lowest BCUT2D eigenvalue weighted by atomic mass is 9.95. The van der Waals surface area contributed by atoms with E-state index < -0.39 is 12.0 Å². The van der Waals surface area contributed by atoms with Crippen molar-refractivity contribution in [3.63, 3.8) is 0 Å².